The Hall–Kier alpha value is -1.11. The summed E-state index contributed by atoms with van der Waals surface area (Å²) >= 11 is 3.32. The van der Waals surface area contributed by atoms with Gasteiger partial charge in [-0.25, -0.2) is 4.79 Å². The van der Waals surface area contributed by atoms with E-state index in [-0.39, 0.29) is 6.29 Å². The minimum atomic E-state index is -0.428. The molecular formula is C15H19BrO5. The normalized spacial score (nSPS) is 18.3. The van der Waals surface area contributed by atoms with Crippen molar-refractivity contribution in [3.8, 4) is 5.75 Å². The summed E-state index contributed by atoms with van der Waals surface area (Å²) < 4.78 is 22.2. The lowest BCUT2D eigenvalue weighted by molar-refractivity contribution is -0.165. The maximum absolute atomic E-state index is 11.7. The van der Waals surface area contributed by atoms with Crippen LogP contribution < -0.4 is 4.74 Å². The predicted octanol–water partition coefficient (Wildman–Crippen LogP) is 3.16. The molecule has 0 amide bonds. The molecule has 0 saturated carbocycles. The van der Waals surface area contributed by atoms with Gasteiger partial charge in [0.2, 0.25) is 0 Å². The molecule has 1 fully saturated rings. The summed E-state index contributed by atoms with van der Waals surface area (Å²) in [5.41, 5.74) is 0.390. The largest absolute Gasteiger partial charge is 0.490 e. The molecule has 0 bridgehead atoms. The Balaban J connectivity index is 1.83. The van der Waals surface area contributed by atoms with Gasteiger partial charge < -0.3 is 18.9 Å². The Morgan fingerprint density at radius 1 is 1.38 bits per heavy atom. The molecular weight excluding hydrogens is 340 g/mol. The fourth-order valence-electron chi connectivity index (χ4n) is 2.07. The van der Waals surface area contributed by atoms with Crippen molar-refractivity contribution < 1.29 is 23.7 Å². The zero-order chi connectivity index (χ0) is 15.1. The summed E-state index contributed by atoms with van der Waals surface area (Å²) in [6.07, 6.45) is 3.01. The van der Waals surface area contributed by atoms with Gasteiger partial charge in [-0.3, -0.25) is 0 Å². The van der Waals surface area contributed by atoms with Crippen molar-refractivity contribution in [3.63, 3.8) is 0 Å². The smallest absolute Gasteiger partial charge is 0.341 e. The Bertz CT molecular complexity index is 471. The Labute approximate surface area is 132 Å². The second-order valence-corrected chi connectivity index (χ2v) is 5.56. The number of esters is 1. The minimum Gasteiger partial charge on any atom is -0.490 e. The van der Waals surface area contributed by atoms with Crippen LogP contribution in [0.25, 0.3) is 0 Å². The van der Waals surface area contributed by atoms with Gasteiger partial charge in [-0.15, -0.1) is 0 Å². The van der Waals surface area contributed by atoms with Crippen LogP contribution in [0, 0.1) is 0 Å². The molecule has 0 aromatic heterocycles. The lowest BCUT2D eigenvalue weighted by Gasteiger charge is -2.22. The van der Waals surface area contributed by atoms with Gasteiger partial charge in [-0.05, 0) is 37.5 Å². The summed E-state index contributed by atoms with van der Waals surface area (Å²) in [4.78, 5) is 11.7. The van der Waals surface area contributed by atoms with Gasteiger partial charge in [0.25, 0.3) is 0 Å². The molecule has 116 valence electrons. The highest BCUT2D eigenvalue weighted by Crippen LogP contribution is 2.24. The summed E-state index contributed by atoms with van der Waals surface area (Å²) in [5.74, 6) is 0.0565. The Morgan fingerprint density at radius 2 is 2.24 bits per heavy atom. The SMILES string of the molecule is COC(=O)c1cc(Br)ccc1OCCOC1CCCCO1. The van der Waals surface area contributed by atoms with Crippen LogP contribution >= 0.6 is 15.9 Å². The fraction of sp³-hybridized carbons (Fsp3) is 0.533. The molecule has 0 aliphatic carbocycles. The third kappa shape index (κ3) is 4.98. The van der Waals surface area contributed by atoms with Crippen molar-refractivity contribution in [2.24, 2.45) is 0 Å². The predicted molar refractivity (Wildman–Crippen MR) is 80.5 cm³/mol. The maximum atomic E-state index is 11.7. The summed E-state index contributed by atoms with van der Waals surface area (Å²) in [7, 11) is 1.34. The van der Waals surface area contributed by atoms with E-state index in [0.717, 1.165) is 30.3 Å². The lowest BCUT2D eigenvalue weighted by Crippen LogP contribution is -2.24. The molecule has 0 N–H and O–H groups in total. The molecule has 1 aromatic carbocycles. The second-order valence-electron chi connectivity index (χ2n) is 4.65. The van der Waals surface area contributed by atoms with Gasteiger partial charge in [-0.2, -0.15) is 0 Å². The van der Waals surface area contributed by atoms with Crippen LogP contribution in [-0.4, -0.2) is 39.2 Å². The molecule has 1 aromatic rings. The topological polar surface area (TPSA) is 54.0 Å². The quantitative estimate of drug-likeness (QED) is 0.577. The van der Waals surface area contributed by atoms with Crippen LogP contribution in [-0.2, 0) is 14.2 Å². The number of carbonyl (C=O) groups excluding carboxylic acids is 1. The van der Waals surface area contributed by atoms with E-state index in [9.17, 15) is 4.79 Å². The molecule has 6 heteroatoms. The third-order valence-electron chi connectivity index (χ3n) is 3.13. The zero-order valence-electron chi connectivity index (χ0n) is 12.0. The molecule has 1 atom stereocenters. The van der Waals surface area contributed by atoms with Crippen molar-refractivity contribution in [3.05, 3.63) is 28.2 Å². The van der Waals surface area contributed by atoms with Gasteiger partial charge in [0, 0.05) is 11.1 Å². The van der Waals surface area contributed by atoms with E-state index < -0.39 is 5.97 Å². The van der Waals surface area contributed by atoms with Gasteiger partial charge in [0.1, 0.15) is 17.9 Å². The number of rotatable bonds is 6. The van der Waals surface area contributed by atoms with Crippen LogP contribution in [0.3, 0.4) is 0 Å². The first-order valence-corrected chi connectivity index (χ1v) is 7.74. The molecule has 21 heavy (non-hydrogen) atoms. The van der Waals surface area contributed by atoms with E-state index >= 15 is 0 Å². The van der Waals surface area contributed by atoms with Crippen molar-refractivity contribution >= 4 is 21.9 Å². The summed E-state index contributed by atoms with van der Waals surface area (Å²) in [6.45, 7) is 1.53. The first-order valence-electron chi connectivity index (χ1n) is 6.94. The second kappa shape index (κ2) is 8.36. The van der Waals surface area contributed by atoms with Crippen molar-refractivity contribution in [1.82, 2.24) is 0 Å². The summed E-state index contributed by atoms with van der Waals surface area (Å²) in [5, 5.41) is 0. The minimum absolute atomic E-state index is 0.132. The highest BCUT2D eigenvalue weighted by atomic mass is 79.9. The molecule has 1 unspecified atom stereocenters. The monoisotopic (exact) mass is 358 g/mol. The van der Waals surface area contributed by atoms with E-state index in [4.69, 9.17) is 18.9 Å². The number of hydrogen-bond donors (Lipinski definition) is 0. The highest BCUT2D eigenvalue weighted by Gasteiger charge is 2.15. The van der Waals surface area contributed by atoms with E-state index in [1.807, 2.05) is 6.07 Å². The Kier molecular flexibility index (Phi) is 6.48. The molecule has 0 spiro atoms. The van der Waals surface area contributed by atoms with Crippen molar-refractivity contribution in [1.29, 1.82) is 0 Å². The maximum Gasteiger partial charge on any atom is 0.341 e. The zero-order valence-corrected chi connectivity index (χ0v) is 13.6. The summed E-state index contributed by atoms with van der Waals surface area (Å²) in [6, 6.07) is 5.21. The van der Waals surface area contributed by atoms with Crippen LogP contribution in [0.1, 0.15) is 29.6 Å². The van der Waals surface area contributed by atoms with Crippen LogP contribution in [0.2, 0.25) is 0 Å². The van der Waals surface area contributed by atoms with Gasteiger partial charge in [0.15, 0.2) is 6.29 Å². The number of benzene rings is 1. The number of hydrogen-bond acceptors (Lipinski definition) is 5. The van der Waals surface area contributed by atoms with E-state index in [0.29, 0.717) is 24.5 Å². The molecule has 5 nitrogen and oxygen atoms in total. The lowest BCUT2D eigenvalue weighted by atomic mass is 10.2. The standard InChI is InChI=1S/C15H19BrO5/c1-18-15(17)12-10-11(16)5-6-13(12)19-8-9-21-14-4-2-3-7-20-14/h5-6,10,14H,2-4,7-9H2,1H3. The van der Waals surface area contributed by atoms with Crippen LogP contribution in [0.4, 0.5) is 0 Å². The first-order chi connectivity index (χ1) is 10.2. The van der Waals surface area contributed by atoms with E-state index in [1.165, 1.54) is 7.11 Å². The third-order valence-corrected chi connectivity index (χ3v) is 3.62. The van der Waals surface area contributed by atoms with E-state index in [2.05, 4.69) is 15.9 Å². The van der Waals surface area contributed by atoms with Crippen LogP contribution in [0.15, 0.2) is 22.7 Å². The molecule has 0 radical (unpaired) electrons. The molecule has 1 aliphatic rings. The fourth-order valence-corrected chi connectivity index (χ4v) is 2.43. The molecule has 1 heterocycles. The number of ether oxygens (including phenoxy) is 4. The Morgan fingerprint density at radius 3 is 2.95 bits per heavy atom. The van der Waals surface area contributed by atoms with Gasteiger partial charge >= 0.3 is 5.97 Å². The van der Waals surface area contributed by atoms with Crippen molar-refractivity contribution in [2.75, 3.05) is 26.9 Å². The number of halogens is 1. The average molecular weight is 359 g/mol. The van der Waals surface area contributed by atoms with Gasteiger partial charge in [0.05, 0.1) is 13.7 Å². The highest BCUT2D eigenvalue weighted by molar-refractivity contribution is 9.10. The molecule has 1 saturated heterocycles. The number of methoxy groups -OCH3 is 1. The molecule has 2 rings (SSSR count). The van der Waals surface area contributed by atoms with Gasteiger partial charge in [-0.1, -0.05) is 15.9 Å². The molecule has 1 aliphatic heterocycles. The van der Waals surface area contributed by atoms with E-state index in [1.54, 1.807) is 12.1 Å². The average Bonchev–Trinajstić information content (AvgIpc) is 2.53. The first kappa shape index (κ1) is 16.3. The van der Waals surface area contributed by atoms with Crippen molar-refractivity contribution in [2.45, 2.75) is 25.6 Å². The number of carbonyl (C=O) groups is 1. The van der Waals surface area contributed by atoms with Crippen LogP contribution in [0.5, 0.6) is 5.75 Å².